The van der Waals surface area contributed by atoms with Gasteiger partial charge in [0.05, 0.1) is 5.69 Å². The monoisotopic (exact) mass is 230 g/mol. The lowest BCUT2D eigenvalue weighted by molar-refractivity contribution is 0.388. The number of anilines is 1. The summed E-state index contributed by atoms with van der Waals surface area (Å²) in [5.41, 5.74) is 5.43. The zero-order valence-electron chi connectivity index (χ0n) is 11.0. The molecule has 0 radical (unpaired) electrons. The van der Waals surface area contributed by atoms with Crippen molar-refractivity contribution in [3.05, 3.63) is 43.0 Å². The molecule has 2 heteroatoms. The summed E-state index contributed by atoms with van der Waals surface area (Å²) in [4.78, 5) is 0. The van der Waals surface area contributed by atoms with Crippen LogP contribution in [0.15, 0.2) is 48.1 Å². The predicted octanol–water partition coefficient (Wildman–Crippen LogP) is 4.47. The van der Waals surface area contributed by atoms with Gasteiger partial charge in [0.15, 0.2) is 0 Å². The van der Waals surface area contributed by atoms with Crippen molar-refractivity contribution in [2.45, 2.75) is 33.6 Å². The molecular formula is C15H22N2. The van der Waals surface area contributed by atoms with Crippen LogP contribution in [0.4, 0.5) is 5.69 Å². The summed E-state index contributed by atoms with van der Waals surface area (Å²) >= 11 is 0. The predicted molar refractivity (Wildman–Crippen MR) is 76.4 cm³/mol. The van der Waals surface area contributed by atoms with Gasteiger partial charge in [-0.05, 0) is 37.3 Å². The van der Waals surface area contributed by atoms with Crippen LogP contribution in [0, 0.1) is 5.41 Å². The molecule has 0 aliphatic carbocycles. The van der Waals surface area contributed by atoms with Gasteiger partial charge in [-0.2, -0.15) is 5.10 Å². The normalized spacial score (nSPS) is 12.3. The number of benzene rings is 1. The minimum atomic E-state index is 0.230. The zero-order chi connectivity index (χ0) is 12.7. The molecule has 0 saturated heterocycles. The van der Waals surface area contributed by atoms with Crippen LogP contribution in [-0.2, 0) is 0 Å². The van der Waals surface area contributed by atoms with Gasteiger partial charge in [0.25, 0.3) is 0 Å². The third-order valence-corrected chi connectivity index (χ3v) is 2.58. The number of hydrogen-bond donors (Lipinski definition) is 1. The highest BCUT2D eigenvalue weighted by Crippen LogP contribution is 2.25. The van der Waals surface area contributed by atoms with Crippen molar-refractivity contribution in [2.75, 3.05) is 5.43 Å². The van der Waals surface area contributed by atoms with E-state index >= 15 is 0 Å². The first-order valence-electron chi connectivity index (χ1n) is 5.99. The molecule has 0 spiro atoms. The molecule has 2 nitrogen and oxygen atoms in total. The molecule has 0 fully saturated rings. The average Bonchev–Trinajstić information content (AvgIpc) is 2.27. The van der Waals surface area contributed by atoms with Crippen molar-refractivity contribution in [1.29, 1.82) is 0 Å². The largest absolute Gasteiger partial charge is 0.279 e. The van der Waals surface area contributed by atoms with Crippen LogP contribution in [0.2, 0.25) is 0 Å². The van der Waals surface area contributed by atoms with Gasteiger partial charge in [0.2, 0.25) is 0 Å². The van der Waals surface area contributed by atoms with E-state index < -0.39 is 0 Å². The van der Waals surface area contributed by atoms with Crippen LogP contribution in [0.5, 0.6) is 0 Å². The lowest BCUT2D eigenvalue weighted by Crippen LogP contribution is -2.15. The second-order valence-electron chi connectivity index (χ2n) is 5.16. The van der Waals surface area contributed by atoms with Gasteiger partial charge in [-0.3, -0.25) is 5.43 Å². The van der Waals surface area contributed by atoms with Crippen molar-refractivity contribution in [3.63, 3.8) is 0 Å². The minimum Gasteiger partial charge on any atom is -0.279 e. The lowest BCUT2D eigenvalue weighted by Gasteiger charge is -2.22. The Morgan fingerprint density at radius 3 is 2.59 bits per heavy atom. The summed E-state index contributed by atoms with van der Waals surface area (Å²) in [6.07, 6.45) is 3.95. The van der Waals surface area contributed by atoms with Crippen molar-refractivity contribution in [2.24, 2.45) is 10.5 Å². The second-order valence-corrected chi connectivity index (χ2v) is 5.16. The highest BCUT2D eigenvalue weighted by atomic mass is 15.3. The molecule has 0 aromatic heterocycles. The Kier molecular flexibility index (Phi) is 4.95. The van der Waals surface area contributed by atoms with Crippen molar-refractivity contribution >= 4 is 11.4 Å². The molecule has 17 heavy (non-hydrogen) atoms. The van der Waals surface area contributed by atoms with Crippen molar-refractivity contribution in [1.82, 2.24) is 0 Å². The Hall–Kier alpha value is -1.57. The summed E-state index contributed by atoms with van der Waals surface area (Å²) in [6.45, 7) is 10.3. The lowest BCUT2D eigenvalue weighted by atomic mass is 9.84. The van der Waals surface area contributed by atoms with Gasteiger partial charge in [-0.1, -0.05) is 38.1 Å². The van der Waals surface area contributed by atoms with Crippen molar-refractivity contribution in [3.8, 4) is 0 Å². The molecule has 0 aliphatic rings. The number of para-hydroxylation sites is 1. The number of rotatable bonds is 6. The minimum absolute atomic E-state index is 0.230. The summed E-state index contributed by atoms with van der Waals surface area (Å²) < 4.78 is 0. The fraction of sp³-hybridized carbons (Fsp3) is 0.400. The number of hydrogen-bond acceptors (Lipinski definition) is 2. The summed E-state index contributed by atoms with van der Waals surface area (Å²) in [7, 11) is 0. The number of nitrogens with one attached hydrogen (secondary N) is 1. The molecule has 0 unspecified atom stereocenters. The Labute approximate surface area is 104 Å². The van der Waals surface area contributed by atoms with E-state index in [2.05, 4.69) is 37.9 Å². The van der Waals surface area contributed by atoms with E-state index in [1.54, 1.807) is 0 Å². The molecule has 1 aromatic rings. The quantitative estimate of drug-likeness (QED) is 0.435. The highest BCUT2D eigenvalue weighted by molar-refractivity contribution is 5.83. The fourth-order valence-electron chi connectivity index (χ4n) is 1.87. The Morgan fingerprint density at radius 2 is 2.00 bits per heavy atom. The van der Waals surface area contributed by atoms with Crippen LogP contribution in [0.3, 0.4) is 0 Å². The highest BCUT2D eigenvalue weighted by Gasteiger charge is 2.16. The Bertz CT molecular complexity index is 377. The summed E-state index contributed by atoms with van der Waals surface area (Å²) in [6, 6.07) is 10.00. The van der Waals surface area contributed by atoms with E-state index in [1.807, 2.05) is 36.4 Å². The maximum absolute atomic E-state index is 4.39. The van der Waals surface area contributed by atoms with Gasteiger partial charge in [0, 0.05) is 5.71 Å². The number of nitrogens with zero attached hydrogens (tertiary/aromatic N) is 1. The van der Waals surface area contributed by atoms with Crippen LogP contribution in [-0.4, -0.2) is 5.71 Å². The van der Waals surface area contributed by atoms with Crippen LogP contribution in [0.25, 0.3) is 0 Å². The van der Waals surface area contributed by atoms with Gasteiger partial charge < -0.3 is 0 Å². The van der Waals surface area contributed by atoms with Gasteiger partial charge >= 0.3 is 0 Å². The third kappa shape index (κ3) is 5.34. The van der Waals surface area contributed by atoms with E-state index in [0.29, 0.717) is 0 Å². The molecule has 1 rings (SSSR count). The number of allylic oxidation sites excluding steroid dienone is 1. The molecular weight excluding hydrogens is 208 g/mol. The summed E-state index contributed by atoms with van der Waals surface area (Å²) in [5, 5.41) is 4.39. The van der Waals surface area contributed by atoms with E-state index in [9.17, 15) is 0 Å². The molecule has 0 saturated carbocycles. The first-order valence-corrected chi connectivity index (χ1v) is 5.99. The Morgan fingerprint density at radius 1 is 1.35 bits per heavy atom. The van der Waals surface area contributed by atoms with Crippen LogP contribution >= 0.6 is 0 Å². The van der Waals surface area contributed by atoms with E-state index in [-0.39, 0.29) is 5.41 Å². The number of hydrazone groups is 1. The zero-order valence-corrected chi connectivity index (χ0v) is 11.0. The van der Waals surface area contributed by atoms with Gasteiger partial charge in [-0.15, -0.1) is 6.58 Å². The molecule has 0 atom stereocenters. The maximum Gasteiger partial charge on any atom is 0.0561 e. The van der Waals surface area contributed by atoms with Gasteiger partial charge in [0.1, 0.15) is 0 Å². The molecule has 0 heterocycles. The standard InChI is InChI=1S/C15H22N2/c1-5-11-15(3,4)12-13(2)16-17-14-9-7-6-8-10-14/h5-10,17H,1,11-12H2,2-4H3/b16-13+. The topological polar surface area (TPSA) is 24.4 Å². The second kappa shape index (κ2) is 6.24. The van der Waals surface area contributed by atoms with Gasteiger partial charge in [-0.25, -0.2) is 0 Å². The molecule has 0 amide bonds. The fourth-order valence-corrected chi connectivity index (χ4v) is 1.87. The van der Waals surface area contributed by atoms with E-state index in [1.165, 1.54) is 0 Å². The molecule has 0 aliphatic heterocycles. The first kappa shape index (κ1) is 13.5. The van der Waals surface area contributed by atoms with E-state index in [0.717, 1.165) is 24.2 Å². The Balaban J connectivity index is 2.53. The molecule has 1 N–H and O–H groups in total. The third-order valence-electron chi connectivity index (χ3n) is 2.58. The molecule has 1 aromatic carbocycles. The first-order chi connectivity index (χ1) is 8.03. The van der Waals surface area contributed by atoms with Crippen LogP contribution < -0.4 is 5.43 Å². The molecule has 92 valence electrons. The average molecular weight is 230 g/mol. The van der Waals surface area contributed by atoms with Crippen LogP contribution in [0.1, 0.15) is 33.6 Å². The van der Waals surface area contributed by atoms with Crippen molar-refractivity contribution < 1.29 is 0 Å². The SMILES string of the molecule is C=CCC(C)(C)C/C(C)=N/Nc1ccccc1. The summed E-state index contributed by atoms with van der Waals surface area (Å²) in [5.74, 6) is 0. The van der Waals surface area contributed by atoms with E-state index in [4.69, 9.17) is 0 Å². The molecule has 0 bridgehead atoms. The maximum atomic E-state index is 4.39. The smallest absolute Gasteiger partial charge is 0.0561 e.